The summed E-state index contributed by atoms with van der Waals surface area (Å²) < 4.78 is 39.0. The zero-order valence-electron chi connectivity index (χ0n) is 12.9. The van der Waals surface area contributed by atoms with Crippen LogP contribution in [0.1, 0.15) is 33.1 Å². The minimum Gasteiger partial charge on any atom is -0.356 e. The Hall–Kier alpha value is -1.47. The normalized spacial score (nSPS) is 11.6. The molecular weight excluding hydrogens is 307 g/mol. The summed E-state index contributed by atoms with van der Waals surface area (Å²) in [5, 5.41) is 2.79. The quantitative estimate of drug-likeness (QED) is 0.681. The number of rotatable bonds is 9. The molecule has 124 valence electrons. The van der Waals surface area contributed by atoms with Gasteiger partial charge in [0.25, 0.3) is 0 Å². The van der Waals surface area contributed by atoms with Crippen LogP contribution in [0, 0.1) is 11.7 Å². The van der Waals surface area contributed by atoms with E-state index in [9.17, 15) is 17.6 Å². The molecule has 0 saturated carbocycles. The molecule has 0 fully saturated rings. The Morgan fingerprint density at radius 2 is 1.82 bits per heavy atom. The first-order valence-corrected chi connectivity index (χ1v) is 8.81. The minimum absolute atomic E-state index is 0.00952. The van der Waals surface area contributed by atoms with Crippen LogP contribution in [0.4, 0.5) is 4.39 Å². The third-order valence-corrected chi connectivity index (χ3v) is 4.52. The largest absolute Gasteiger partial charge is 0.356 e. The Bertz CT molecular complexity index is 571. The minimum atomic E-state index is -3.65. The first-order valence-electron chi connectivity index (χ1n) is 7.33. The van der Waals surface area contributed by atoms with Crippen molar-refractivity contribution in [1.82, 2.24) is 10.0 Å². The molecule has 0 aliphatic rings. The molecule has 0 heterocycles. The van der Waals surface area contributed by atoms with Crippen LogP contribution >= 0.6 is 0 Å². The number of sulfonamides is 1. The number of carbonyl (C=O) groups excluding carboxylic acids is 1. The van der Waals surface area contributed by atoms with Gasteiger partial charge in [-0.1, -0.05) is 13.8 Å². The number of carbonyl (C=O) groups is 1. The molecule has 5 nitrogen and oxygen atoms in total. The van der Waals surface area contributed by atoms with E-state index in [-0.39, 0.29) is 23.8 Å². The predicted octanol–water partition coefficient (Wildman–Crippen LogP) is 2.05. The maximum Gasteiger partial charge on any atom is 0.240 e. The van der Waals surface area contributed by atoms with E-state index >= 15 is 0 Å². The van der Waals surface area contributed by atoms with Crippen LogP contribution < -0.4 is 10.0 Å². The van der Waals surface area contributed by atoms with Crippen molar-refractivity contribution < 1.29 is 17.6 Å². The molecule has 1 aromatic rings. The number of amides is 1. The number of nitrogens with one attached hydrogen (secondary N) is 2. The fourth-order valence-corrected chi connectivity index (χ4v) is 2.82. The van der Waals surface area contributed by atoms with Gasteiger partial charge in [-0.2, -0.15) is 0 Å². The summed E-state index contributed by atoms with van der Waals surface area (Å²) in [6, 6.07) is 4.60. The maximum absolute atomic E-state index is 12.8. The molecule has 22 heavy (non-hydrogen) atoms. The first kappa shape index (κ1) is 18.6. The Morgan fingerprint density at radius 3 is 2.41 bits per heavy atom. The monoisotopic (exact) mass is 330 g/mol. The number of benzene rings is 1. The molecule has 0 aromatic heterocycles. The van der Waals surface area contributed by atoms with E-state index in [0.29, 0.717) is 18.9 Å². The smallest absolute Gasteiger partial charge is 0.240 e. The van der Waals surface area contributed by atoms with Gasteiger partial charge in [0, 0.05) is 19.5 Å². The fraction of sp³-hybridized carbons (Fsp3) is 0.533. The van der Waals surface area contributed by atoms with Crippen molar-refractivity contribution in [2.45, 2.75) is 38.0 Å². The average Bonchev–Trinajstić information content (AvgIpc) is 2.44. The third kappa shape index (κ3) is 7.00. The topological polar surface area (TPSA) is 75.3 Å². The lowest BCUT2D eigenvalue weighted by molar-refractivity contribution is -0.121. The van der Waals surface area contributed by atoms with Crippen molar-refractivity contribution in [3.8, 4) is 0 Å². The van der Waals surface area contributed by atoms with Crippen molar-refractivity contribution in [2.75, 3.05) is 13.1 Å². The van der Waals surface area contributed by atoms with Crippen molar-refractivity contribution in [2.24, 2.45) is 5.92 Å². The van der Waals surface area contributed by atoms with Crippen LogP contribution in [0.25, 0.3) is 0 Å². The van der Waals surface area contributed by atoms with Crippen LogP contribution in [0.15, 0.2) is 29.2 Å². The van der Waals surface area contributed by atoms with Gasteiger partial charge >= 0.3 is 0 Å². The fourth-order valence-electron chi connectivity index (χ4n) is 1.74. The summed E-state index contributed by atoms with van der Waals surface area (Å²) >= 11 is 0. The van der Waals surface area contributed by atoms with E-state index < -0.39 is 15.8 Å². The van der Waals surface area contributed by atoms with Crippen LogP contribution in [-0.4, -0.2) is 27.4 Å². The maximum atomic E-state index is 12.8. The average molecular weight is 330 g/mol. The summed E-state index contributed by atoms with van der Waals surface area (Å²) in [4.78, 5) is 11.5. The molecule has 0 radical (unpaired) electrons. The molecule has 0 unspecified atom stereocenters. The zero-order valence-corrected chi connectivity index (χ0v) is 13.7. The summed E-state index contributed by atoms with van der Waals surface area (Å²) in [6.45, 7) is 4.96. The van der Waals surface area contributed by atoms with Crippen LogP contribution in [0.2, 0.25) is 0 Å². The van der Waals surface area contributed by atoms with Gasteiger partial charge in [0.2, 0.25) is 15.9 Å². The van der Waals surface area contributed by atoms with E-state index in [1.54, 1.807) is 0 Å². The highest BCUT2D eigenvalue weighted by molar-refractivity contribution is 7.89. The van der Waals surface area contributed by atoms with Crippen LogP contribution in [0.3, 0.4) is 0 Å². The second kappa shape index (κ2) is 8.85. The molecule has 2 N–H and O–H groups in total. The first-order chi connectivity index (χ1) is 10.3. The molecule has 7 heteroatoms. The summed E-state index contributed by atoms with van der Waals surface area (Å²) in [5.74, 6) is -0.0403. The molecule has 0 spiro atoms. The SMILES string of the molecule is CC(C)CCNC(=O)CCCNS(=O)(=O)c1ccc(F)cc1. The van der Waals surface area contributed by atoms with E-state index in [1.807, 2.05) is 0 Å². The number of hydrogen-bond donors (Lipinski definition) is 2. The van der Waals surface area contributed by atoms with Gasteiger partial charge in [-0.3, -0.25) is 4.79 Å². The highest BCUT2D eigenvalue weighted by atomic mass is 32.2. The summed E-state index contributed by atoms with van der Waals surface area (Å²) in [7, 11) is -3.65. The second-order valence-electron chi connectivity index (χ2n) is 5.49. The standard InChI is InChI=1S/C15H23FN2O3S/c1-12(2)9-11-17-15(19)4-3-10-18-22(20,21)14-7-5-13(16)6-8-14/h5-8,12,18H,3-4,9-11H2,1-2H3,(H,17,19). The number of hydrogen-bond acceptors (Lipinski definition) is 3. The van der Waals surface area contributed by atoms with Crippen molar-refractivity contribution in [3.05, 3.63) is 30.1 Å². The third-order valence-electron chi connectivity index (χ3n) is 3.04. The molecule has 1 rings (SSSR count). The Labute approximate surface area is 131 Å². The van der Waals surface area contributed by atoms with E-state index in [1.165, 1.54) is 12.1 Å². The molecule has 0 saturated heterocycles. The predicted molar refractivity (Wildman–Crippen MR) is 83.3 cm³/mol. The van der Waals surface area contributed by atoms with Gasteiger partial charge in [-0.25, -0.2) is 17.5 Å². The van der Waals surface area contributed by atoms with Crippen molar-refractivity contribution in [3.63, 3.8) is 0 Å². The number of halogens is 1. The van der Waals surface area contributed by atoms with Gasteiger partial charge < -0.3 is 5.32 Å². The molecular formula is C15H23FN2O3S. The zero-order chi connectivity index (χ0) is 16.6. The van der Waals surface area contributed by atoms with E-state index in [0.717, 1.165) is 18.6 Å². The van der Waals surface area contributed by atoms with E-state index in [2.05, 4.69) is 23.9 Å². The summed E-state index contributed by atoms with van der Waals surface area (Å²) in [6.07, 6.45) is 1.60. The molecule has 1 amide bonds. The highest BCUT2D eigenvalue weighted by Crippen LogP contribution is 2.09. The van der Waals surface area contributed by atoms with Crippen LogP contribution in [0.5, 0.6) is 0 Å². The van der Waals surface area contributed by atoms with Gasteiger partial charge in [-0.15, -0.1) is 0 Å². The van der Waals surface area contributed by atoms with Crippen molar-refractivity contribution in [1.29, 1.82) is 0 Å². The Balaban J connectivity index is 2.28. The lowest BCUT2D eigenvalue weighted by atomic mass is 10.1. The van der Waals surface area contributed by atoms with Gasteiger partial charge in [0.15, 0.2) is 0 Å². The second-order valence-corrected chi connectivity index (χ2v) is 7.25. The van der Waals surface area contributed by atoms with E-state index in [4.69, 9.17) is 0 Å². The molecule has 0 atom stereocenters. The Kier molecular flexibility index (Phi) is 7.47. The van der Waals surface area contributed by atoms with Crippen LogP contribution in [-0.2, 0) is 14.8 Å². The molecule has 0 aliphatic carbocycles. The Morgan fingerprint density at radius 1 is 1.18 bits per heavy atom. The van der Waals surface area contributed by atoms with Crippen molar-refractivity contribution >= 4 is 15.9 Å². The summed E-state index contributed by atoms with van der Waals surface area (Å²) in [5.41, 5.74) is 0. The molecule has 1 aromatic carbocycles. The molecule has 0 aliphatic heterocycles. The molecule has 0 bridgehead atoms. The lowest BCUT2D eigenvalue weighted by Gasteiger charge is -2.08. The van der Waals surface area contributed by atoms with Gasteiger partial charge in [-0.05, 0) is 43.0 Å². The van der Waals surface area contributed by atoms with Gasteiger partial charge in [0.1, 0.15) is 5.82 Å². The lowest BCUT2D eigenvalue weighted by Crippen LogP contribution is -2.28. The van der Waals surface area contributed by atoms with Gasteiger partial charge in [0.05, 0.1) is 4.90 Å². The highest BCUT2D eigenvalue weighted by Gasteiger charge is 2.13.